The number of hydrogen-bond acceptors (Lipinski definition) is 6. The van der Waals surface area contributed by atoms with Crippen LogP contribution in [0.1, 0.15) is 25.7 Å². The maximum Gasteiger partial charge on any atom is 0.363 e. The van der Waals surface area contributed by atoms with Gasteiger partial charge in [0.05, 0.1) is 12.2 Å². The van der Waals surface area contributed by atoms with Gasteiger partial charge in [0.25, 0.3) is 0 Å². The third-order valence-electron chi connectivity index (χ3n) is 3.93. The summed E-state index contributed by atoms with van der Waals surface area (Å²) in [7, 11) is 0. The van der Waals surface area contributed by atoms with Gasteiger partial charge in [-0.2, -0.15) is 0 Å². The average molecular weight is 293 g/mol. The van der Waals surface area contributed by atoms with E-state index < -0.39 is 4.92 Å². The fourth-order valence-corrected chi connectivity index (χ4v) is 2.67. The molecule has 1 aromatic heterocycles. The summed E-state index contributed by atoms with van der Waals surface area (Å²) in [4.78, 5) is 13.7. The quantitative estimate of drug-likeness (QED) is 0.656. The molecule has 7 nitrogen and oxygen atoms in total. The van der Waals surface area contributed by atoms with Crippen molar-refractivity contribution in [3.63, 3.8) is 0 Å². The Labute approximate surface area is 122 Å². The Bertz CT molecular complexity index is 481. The van der Waals surface area contributed by atoms with Crippen LogP contribution in [0.3, 0.4) is 0 Å². The summed E-state index contributed by atoms with van der Waals surface area (Å²) in [6.07, 6.45) is 6.09. The Balaban J connectivity index is 1.41. The molecule has 0 radical (unpaired) electrons. The Morgan fingerprint density at radius 3 is 2.57 bits per heavy atom. The molecule has 1 aromatic rings. The summed E-state index contributed by atoms with van der Waals surface area (Å²) in [5.74, 6) is 0.411. The van der Waals surface area contributed by atoms with Gasteiger partial charge in [0, 0.05) is 18.9 Å². The molecule has 0 atom stereocenters. The Kier molecular flexibility index (Phi) is 4.31. The molecular formula is C14H19N3O4. The van der Waals surface area contributed by atoms with E-state index in [9.17, 15) is 10.1 Å². The molecular weight excluding hydrogens is 274 g/mol. The minimum Gasteiger partial charge on any atom is -0.486 e. The van der Waals surface area contributed by atoms with Crippen LogP contribution >= 0.6 is 0 Å². The van der Waals surface area contributed by atoms with Crippen molar-refractivity contribution in [1.29, 1.82) is 0 Å². The number of rotatable bonds is 5. The van der Waals surface area contributed by atoms with Gasteiger partial charge >= 0.3 is 5.82 Å². The predicted octanol–water partition coefficient (Wildman–Crippen LogP) is 1.67. The lowest BCUT2D eigenvalue weighted by Crippen LogP contribution is -2.43. The highest BCUT2D eigenvalue weighted by molar-refractivity contribution is 5.27. The summed E-state index contributed by atoms with van der Waals surface area (Å²) in [5.41, 5.74) is 0. The number of hydrogen-bond donors (Lipinski definition) is 1. The molecule has 1 aliphatic heterocycles. The summed E-state index contributed by atoms with van der Waals surface area (Å²) in [6, 6.07) is 2.95. The Hall–Kier alpha value is -1.73. The van der Waals surface area contributed by atoms with Crippen LogP contribution in [0.15, 0.2) is 18.3 Å². The largest absolute Gasteiger partial charge is 0.486 e. The zero-order valence-corrected chi connectivity index (χ0v) is 11.7. The highest BCUT2D eigenvalue weighted by Gasteiger charge is 2.34. The summed E-state index contributed by atoms with van der Waals surface area (Å²) >= 11 is 0. The number of ether oxygens (including phenoxy) is 2. The lowest BCUT2D eigenvalue weighted by molar-refractivity contribution is -0.389. The van der Waals surface area contributed by atoms with Gasteiger partial charge in [-0.05, 0) is 41.9 Å². The molecule has 114 valence electrons. The first-order chi connectivity index (χ1) is 10.2. The number of nitrogens with zero attached hydrogens (tertiary/aromatic N) is 2. The third kappa shape index (κ3) is 3.68. The average Bonchev–Trinajstić information content (AvgIpc) is 2.46. The Morgan fingerprint density at radius 2 is 1.95 bits per heavy atom. The van der Waals surface area contributed by atoms with E-state index >= 15 is 0 Å². The smallest absolute Gasteiger partial charge is 0.363 e. The third-order valence-corrected chi connectivity index (χ3v) is 3.93. The van der Waals surface area contributed by atoms with Crippen LogP contribution in [0.2, 0.25) is 0 Å². The van der Waals surface area contributed by atoms with E-state index in [1.54, 1.807) is 6.07 Å². The fraction of sp³-hybridized carbons (Fsp3) is 0.643. The van der Waals surface area contributed by atoms with Crippen LogP contribution in [0, 0.1) is 10.1 Å². The van der Waals surface area contributed by atoms with Crippen LogP contribution in [0.25, 0.3) is 0 Å². The van der Waals surface area contributed by atoms with Crippen molar-refractivity contribution >= 4 is 5.82 Å². The first-order valence-corrected chi connectivity index (χ1v) is 7.34. The van der Waals surface area contributed by atoms with Crippen molar-refractivity contribution in [2.75, 3.05) is 13.1 Å². The van der Waals surface area contributed by atoms with Gasteiger partial charge in [0.1, 0.15) is 6.10 Å². The lowest BCUT2D eigenvalue weighted by Gasteiger charge is -2.38. The van der Waals surface area contributed by atoms with E-state index in [1.165, 1.54) is 12.3 Å². The van der Waals surface area contributed by atoms with Gasteiger partial charge < -0.3 is 24.9 Å². The number of aromatic nitrogens is 1. The van der Waals surface area contributed by atoms with E-state index in [1.807, 2.05) is 0 Å². The first kappa shape index (κ1) is 14.2. The van der Waals surface area contributed by atoms with E-state index in [-0.39, 0.29) is 18.0 Å². The first-order valence-electron chi connectivity index (χ1n) is 7.34. The van der Waals surface area contributed by atoms with Crippen molar-refractivity contribution in [3.05, 3.63) is 28.4 Å². The van der Waals surface area contributed by atoms with Gasteiger partial charge in [-0.25, -0.2) is 0 Å². The monoisotopic (exact) mass is 293 g/mol. The molecule has 21 heavy (non-hydrogen) atoms. The molecule has 7 heteroatoms. The second-order valence-corrected chi connectivity index (χ2v) is 5.53. The summed E-state index contributed by atoms with van der Waals surface area (Å²) < 4.78 is 11.7. The maximum absolute atomic E-state index is 10.5. The summed E-state index contributed by atoms with van der Waals surface area (Å²) in [5, 5.41) is 13.8. The van der Waals surface area contributed by atoms with Crippen LogP contribution in [-0.2, 0) is 4.74 Å². The highest BCUT2D eigenvalue weighted by Crippen LogP contribution is 2.30. The number of nitrogens with one attached hydrogen (secondary N) is 1. The fourth-order valence-electron chi connectivity index (χ4n) is 2.67. The van der Waals surface area contributed by atoms with Crippen molar-refractivity contribution in [2.24, 2.45) is 0 Å². The Morgan fingerprint density at radius 1 is 1.19 bits per heavy atom. The van der Waals surface area contributed by atoms with Crippen LogP contribution in [0.4, 0.5) is 5.82 Å². The van der Waals surface area contributed by atoms with E-state index in [4.69, 9.17) is 9.47 Å². The second kappa shape index (κ2) is 6.36. The van der Waals surface area contributed by atoms with Crippen molar-refractivity contribution in [2.45, 2.75) is 44.0 Å². The van der Waals surface area contributed by atoms with E-state index in [0.717, 1.165) is 38.8 Å². The van der Waals surface area contributed by atoms with Gasteiger partial charge in [0.2, 0.25) is 0 Å². The van der Waals surface area contributed by atoms with Crippen LogP contribution < -0.4 is 10.1 Å². The SMILES string of the molecule is O=[N+]([O-])c1ccc(OC2CC(OC3CCNCC3)C2)cn1. The normalized spacial score (nSPS) is 26.1. The van der Waals surface area contributed by atoms with Crippen molar-refractivity contribution in [3.8, 4) is 5.75 Å². The van der Waals surface area contributed by atoms with Gasteiger partial charge in [-0.3, -0.25) is 0 Å². The molecule has 0 aromatic carbocycles. The molecule has 2 heterocycles. The molecule has 1 saturated carbocycles. The molecule has 3 rings (SSSR count). The molecule has 0 bridgehead atoms. The molecule has 0 unspecified atom stereocenters. The molecule has 2 aliphatic rings. The molecule has 1 aliphatic carbocycles. The lowest BCUT2D eigenvalue weighted by atomic mass is 9.91. The minimum absolute atomic E-state index is 0.125. The molecule has 2 fully saturated rings. The van der Waals surface area contributed by atoms with Crippen molar-refractivity contribution < 1.29 is 14.4 Å². The number of nitro groups is 1. The van der Waals surface area contributed by atoms with E-state index in [0.29, 0.717) is 11.9 Å². The van der Waals surface area contributed by atoms with Crippen molar-refractivity contribution in [1.82, 2.24) is 10.3 Å². The summed E-state index contributed by atoms with van der Waals surface area (Å²) in [6.45, 7) is 2.07. The number of piperidine rings is 1. The minimum atomic E-state index is -0.518. The van der Waals surface area contributed by atoms with Gasteiger partial charge in [-0.15, -0.1) is 0 Å². The topological polar surface area (TPSA) is 86.5 Å². The number of pyridine rings is 1. The zero-order valence-electron chi connectivity index (χ0n) is 11.7. The van der Waals surface area contributed by atoms with Crippen LogP contribution in [0.5, 0.6) is 5.75 Å². The van der Waals surface area contributed by atoms with Crippen LogP contribution in [-0.4, -0.2) is 41.3 Å². The van der Waals surface area contributed by atoms with Gasteiger partial charge in [-0.1, -0.05) is 0 Å². The molecule has 0 amide bonds. The second-order valence-electron chi connectivity index (χ2n) is 5.53. The van der Waals surface area contributed by atoms with Gasteiger partial charge in [0.15, 0.2) is 11.9 Å². The van der Waals surface area contributed by atoms with E-state index in [2.05, 4.69) is 10.3 Å². The zero-order chi connectivity index (χ0) is 14.7. The molecule has 0 spiro atoms. The standard InChI is InChI=1S/C14H19N3O4/c18-17(19)14-2-1-11(9-16-14)21-13-7-12(8-13)20-10-3-5-15-6-4-10/h1-2,9-10,12-13,15H,3-8H2. The molecule has 1 saturated heterocycles. The predicted molar refractivity (Wildman–Crippen MR) is 75.3 cm³/mol. The molecule has 1 N–H and O–H groups in total. The maximum atomic E-state index is 10.5. The highest BCUT2D eigenvalue weighted by atomic mass is 16.6.